The molecular formula is C7H18N2O2. The minimum Gasteiger partial charge on any atom is -0.379 e. The predicted octanol–water partition coefficient (Wildman–Crippen LogP) is -0.327. The Hall–Kier alpha value is -0.160. The lowest BCUT2D eigenvalue weighted by molar-refractivity contribution is 0.0113. The summed E-state index contributed by atoms with van der Waals surface area (Å²) >= 11 is 0. The van der Waals surface area contributed by atoms with Crippen molar-refractivity contribution in [1.29, 1.82) is 0 Å². The summed E-state index contributed by atoms with van der Waals surface area (Å²) in [4.78, 5) is 0. The number of rotatable bonds is 7. The molecule has 0 aromatic heterocycles. The Balaban J connectivity index is 2.89. The van der Waals surface area contributed by atoms with Crippen molar-refractivity contribution in [2.45, 2.75) is 19.6 Å². The van der Waals surface area contributed by atoms with E-state index in [1.807, 2.05) is 0 Å². The van der Waals surface area contributed by atoms with Gasteiger partial charge in [0.05, 0.1) is 13.2 Å². The number of nitrogens with two attached hydrogens (primary N) is 2. The van der Waals surface area contributed by atoms with Crippen molar-refractivity contribution in [3.05, 3.63) is 0 Å². The summed E-state index contributed by atoms with van der Waals surface area (Å²) in [5.41, 5.74) is 10.6. The Bertz CT molecular complexity index is 80.8. The van der Waals surface area contributed by atoms with E-state index >= 15 is 0 Å². The highest BCUT2D eigenvalue weighted by molar-refractivity contribution is 4.45. The third kappa shape index (κ3) is 7.74. The Morgan fingerprint density at radius 2 is 2.00 bits per heavy atom. The first-order valence-corrected chi connectivity index (χ1v) is 3.96. The monoisotopic (exact) mass is 162 g/mol. The van der Waals surface area contributed by atoms with E-state index in [2.05, 4.69) is 6.92 Å². The van der Waals surface area contributed by atoms with Crippen LogP contribution in [-0.2, 0) is 9.47 Å². The smallest absolute Gasteiger partial charge is 0.118 e. The molecule has 4 N–H and O–H groups in total. The molecule has 1 unspecified atom stereocenters. The minimum absolute atomic E-state index is 0.347. The van der Waals surface area contributed by atoms with Crippen LogP contribution in [0.5, 0.6) is 0 Å². The summed E-state index contributed by atoms with van der Waals surface area (Å²) in [6, 6.07) is 0. The van der Waals surface area contributed by atoms with Crippen LogP contribution in [0.1, 0.15) is 13.3 Å². The summed E-state index contributed by atoms with van der Waals surface area (Å²) in [7, 11) is 0. The summed E-state index contributed by atoms with van der Waals surface area (Å²) in [6.07, 6.45) is 0.684. The van der Waals surface area contributed by atoms with Crippen molar-refractivity contribution in [3.8, 4) is 0 Å². The van der Waals surface area contributed by atoms with E-state index in [0.29, 0.717) is 19.8 Å². The fourth-order valence-corrected chi connectivity index (χ4v) is 0.573. The van der Waals surface area contributed by atoms with Gasteiger partial charge in [0.1, 0.15) is 6.23 Å². The minimum atomic E-state index is -0.347. The van der Waals surface area contributed by atoms with Crippen molar-refractivity contribution in [2.75, 3.05) is 26.4 Å². The molecule has 4 nitrogen and oxygen atoms in total. The molecule has 0 aliphatic carbocycles. The van der Waals surface area contributed by atoms with E-state index < -0.39 is 0 Å². The van der Waals surface area contributed by atoms with Crippen LogP contribution in [0.3, 0.4) is 0 Å². The van der Waals surface area contributed by atoms with Crippen LogP contribution in [0.4, 0.5) is 0 Å². The summed E-state index contributed by atoms with van der Waals surface area (Å²) in [6.45, 7) is 4.32. The van der Waals surface area contributed by atoms with Crippen LogP contribution in [0.15, 0.2) is 0 Å². The quantitative estimate of drug-likeness (QED) is 0.397. The van der Waals surface area contributed by atoms with Gasteiger partial charge in [-0.1, -0.05) is 6.92 Å². The van der Waals surface area contributed by atoms with Crippen LogP contribution in [0, 0.1) is 0 Å². The van der Waals surface area contributed by atoms with Crippen LogP contribution in [0.25, 0.3) is 0 Å². The van der Waals surface area contributed by atoms with Crippen LogP contribution in [0.2, 0.25) is 0 Å². The molecule has 0 radical (unpaired) electrons. The van der Waals surface area contributed by atoms with Gasteiger partial charge < -0.3 is 20.9 Å². The summed E-state index contributed by atoms with van der Waals surface area (Å²) in [5.74, 6) is 0. The van der Waals surface area contributed by atoms with Crippen LogP contribution < -0.4 is 11.5 Å². The highest BCUT2D eigenvalue weighted by atomic mass is 16.5. The molecule has 68 valence electrons. The molecule has 0 bridgehead atoms. The SMILES string of the molecule is CCCOCCOC(N)CN. The lowest BCUT2D eigenvalue weighted by Gasteiger charge is -2.09. The number of ether oxygens (including phenoxy) is 2. The van der Waals surface area contributed by atoms with Gasteiger partial charge in [-0.25, -0.2) is 0 Å². The molecule has 0 saturated carbocycles. The van der Waals surface area contributed by atoms with Gasteiger partial charge in [0.2, 0.25) is 0 Å². The summed E-state index contributed by atoms with van der Waals surface area (Å²) < 4.78 is 10.2. The van der Waals surface area contributed by atoms with Crippen LogP contribution >= 0.6 is 0 Å². The first kappa shape index (κ1) is 10.8. The van der Waals surface area contributed by atoms with E-state index in [-0.39, 0.29) is 6.23 Å². The second kappa shape index (κ2) is 7.94. The van der Waals surface area contributed by atoms with Crippen molar-refractivity contribution < 1.29 is 9.47 Å². The van der Waals surface area contributed by atoms with E-state index in [1.165, 1.54) is 0 Å². The molecule has 0 aliphatic rings. The normalized spacial score (nSPS) is 13.4. The van der Waals surface area contributed by atoms with Gasteiger partial charge >= 0.3 is 0 Å². The molecule has 1 atom stereocenters. The molecule has 11 heavy (non-hydrogen) atoms. The number of hydrogen-bond donors (Lipinski definition) is 2. The van der Waals surface area contributed by atoms with E-state index in [9.17, 15) is 0 Å². The molecule has 0 amide bonds. The molecule has 0 saturated heterocycles. The van der Waals surface area contributed by atoms with Crippen molar-refractivity contribution in [2.24, 2.45) is 11.5 Å². The molecule has 4 heteroatoms. The summed E-state index contributed by atoms with van der Waals surface area (Å²) in [5, 5.41) is 0. The topological polar surface area (TPSA) is 70.5 Å². The molecule has 0 rings (SSSR count). The second-order valence-electron chi connectivity index (χ2n) is 2.26. The maximum Gasteiger partial charge on any atom is 0.118 e. The average molecular weight is 162 g/mol. The van der Waals surface area contributed by atoms with Gasteiger partial charge in [0.15, 0.2) is 0 Å². The standard InChI is InChI=1S/C7H18N2O2/c1-2-3-10-4-5-11-7(9)6-8/h7H,2-6,8-9H2,1H3. The molecule has 0 aliphatic heterocycles. The highest BCUT2D eigenvalue weighted by Gasteiger charge is 1.96. The van der Waals surface area contributed by atoms with Gasteiger partial charge in [-0.05, 0) is 6.42 Å². The first-order valence-electron chi connectivity index (χ1n) is 3.96. The average Bonchev–Trinajstić information content (AvgIpc) is 2.04. The fourth-order valence-electron chi connectivity index (χ4n) is 0.573. The lowest BCUT2D eigenvalue weighted by Crippen LogP contribution is -2.33. The molecule has 0 aromatic carbocycles. The Kier molecular flexibility index (Phi) is 7.83. The Morgan fingerprint density at radius 3 is 2.55 bits per heavy atom. The van der Waals surface area contributed by atoms with Gasteiger partial charge in [-0.3, -0.25) is 0 Å². The fraction of sp³-hybridized carbons (Fsp3) is 1.00. The predicted molar refractivity (Wildman–Crippen MR) is 44.1 cm³/mol. The second-order valence-corrected chi connectivity index (χ2v) is 2.26. The van der Waals surface area contributed by atoms with Gasteiger partial charge in [-0.15, -0.1) is 0 Å². The molecular weight excluding hydrogens is 144 g/mol. The third-order valence-corrected chi connectivity index (χ3v) is 1.14. The Labute approximate surface area is 67.8 Å². The van der Waals surface area contributed by atoms with Crippen molar-refractivity contribution in [3.63, 3.8) is 0 Å². The third-order valence-electron chi connectivity index (χ3n) is 1.14. The van der Waals surface area contributed by atoms with Crippen molar-refractivity contribution in [1.82, 2.24) is 0 Å². The van der Waals surface area contributed by atoms with E-state index in [1.54, 1.807) is 0 Å². The zero-order valence-corrected chi connectivity index (χ0v) is 7.08. The Morgan fingerprint density at radius 1 is 1.27 bits per heavy atom. The maximum atomic E-state index is 5.38. The number of hydrogen-bond acceptors (Lipinski definition) is 4. The molecule has 0 aromatic rings. The maximum absolute atomic E-state index is 5.38. The van der Waals surface area contributed by atoms with Crippen LogP contribution in [-0.4, -0.2) is 32.6 Å². The van der Waals surface area contributed by atoms with Gasteiger partial charge in [-0.2, -0.15) is 0 Å². The van der Waals surface area contributed by atoms with Crippen molar-refractivity contribution >= 4 is 0 Å². The molecule has 0 spiro atoms. The highest BCUT2D eigenvalue weighted by Crippen LogP contribution is 1.83. The lowest BCUT2D eigenvalue weighted by atomic mass is 10.5. The van der Waals surface area contributed by atoms with E-state index in [0.717, 1.165) is 13.0 Å². The zero-order valence-electron chi connectivity index (χ0n) is 7.08. The van der Waals surface area contributed by atoms with Gasteiger partial charge in [0.25, 0.3) is 0 Å². The largest absolute Gasteiger partial charge is 0.379 e. The zero-order chi connectivity index (χ0) is 8.53. The molecule has 0 fully saturated rings. The van der Waals surface area contributed by atoms with Gasteiger partial charge in [0, 0.05) is 13.2 Å². The first-order chi connectivity index (χ1) is 5.31. The van der Waals surface area contributed by atoms with E-state index in [4.69, 9.17) is 20.9 Å². The molecule has 0 heterocycles.